The first kappa shape index (κ1) is 12.9. The molecule has 17 heavy (non-hydrogen) atoms. The van der Waals surface area contributed by atoms with Gasteiger partial charge in [0.1, 0.15) is 5.69 Å². The Bertz CT molecular complexity index is 454. The number of hydrogen-bond donors (Lipinski definition) is 1. The number of nitriles is 1. The van der Waals surface area contributed by atoms with Crippen LogP contribution in [0.5, 0.6) is 0 Å². The van der Waals surface area contributed by atoms with Crippen LogP contribution in [-0.2, 0) is 0 Å². The van der Waals surface area contributed by atoms with E-state index in [2.05, 4.69) is 0 Å². The summed E-state index contributed by atoms with van der Waals surface area (Å²) in [5.74, 6) is 0. The molecule has 1 N–H and O–H groups in total. The molecule has 0 aliphatic heterocycles. The van der Waals surface area contributed by atoms with Crippen LogP contribution in [0, 0.1) is 21.4 Å². The van der Waals surface area contributed by atoms with Crippen molar-refractivity contribution < 1.29 is 10.0 Å². The molecular formula is C11H13N3O3. The highest BCUT2D eigenvalue weighted by Crippen LogP contribution is 2.28. The van der Waals surface area contributed by atoms with Gasteiger partial charge in [0.15, 0.2) is 0 Å². The van der Waals surface area contributed by atoms with Gasteiger partial charge in [0.25, 0.3) is 5.69 Å². The first-order chi connectivity index (χ1) is 8.13. The van der Waals surface area contributed by atoms with Crippen molar-refractivity contribution in [2.45, 2.75) is 6.92 Å². The van der Waals surface area contributed by atoms with Gasteiger partial charge in [0.05, 0.1) is 23.2 Å². The predicted molar refractivity (Wildman–Crippen MR) is 62.8 cm³/mol. The molecule has 0 atom stereocenters. The lowest BCUT2D eigenvalue weighted by Crippen LogP contribution is -2.26. The molecule has 0 saturated heterocycles. The molecule has 0 aliphatic carbocycles. The molecule has 0 unspecified atom stereocenters. The van der Waals surface area contributed by atoms with Crippen LogP contribution in [0.3, 0.4) is 0 Å². The van der Waals surface area contributed by atoms with Gasteiger partial charge in [-0.2, -0.15) is 5.26 Å². The van der Waals surface area contributed by atoms with E-state index in [1.54, 1.807) is 4.90 Å². The van der Waals surface area contributed by atoms with Crippen molar-refractivity contribution in [3.63, 3.8) is 0 Å². The fraction of sp³-hybridized carbons (Fsp3) is 0.364. The highest BCUT2D eigenvalue weighted by molar-refractivity contribution is 5.65. The van der Waals surface area contributed by atoms with Crippen LogP contribution in [-0.4, -0.2) is 29.7 Å². The molecule has 0 aliphatic rings. The number of hydrogen-bond acceptors (Lipinski definition) is 5. The Balaban J connectivity index is 3.25. The maximum Gasteiger partial charge on any atom is 0.292 e. The molecule has 0 amide bonds. The number of rotatable bonds is 5. The number of nitro benzene ring substituents is 1. The standard InChI is InChI=1S/C11H13N3O3/c1-2-13(5-6-15)11-7-9(8-12)3-4-10(11)14(16)17/h3-4,7,15H,2,5-6H2,1H3. The number of anilines is 1. The second-order valence-corrected chi connectivity index (χ2v) is 3.38. The number of likely N-dealkylation sites (N-methyl/N-ethyl adjacent to an activating group) is 1. The summed E-state index contributed by atoms with van der Waals surface area (Å²) in [4.78, 5) is 12.1. The van der Waals surface area contributed by atoms with E-state index >= 15 is 0 Å². The molecule has 0 spiro atoms. The molecule has 6 heteroatoms. The molecular weight excluding hydrogens is 222 g/mol. The van der Waals surface area contributed by atoms with Crippen molar-refractivity contribution in [1.82, 2.24) is 0 Å². The van der Waals surface area contributed by atoms with E-state index in [-0.39, 0.29) is 12.3 Å². The zero-order chi connectivity index (χ0) is 12.8. The van der Waals surface area contributed by atoms with Gasteiger partial charge < -0.3 is 10.0 Å². The number of nitrogens with zero attached hydrogens (tertiary/aromatic N) is 3. The van der Waals surface area contributed by atoms with Gasteiger partial charge in [-0.15, -0.1) is 0 Å². The normalized spacial score (nSPS) is 9.71. The molecule has 1 aromatic carbocycles. The summed E-state index contributed by atoms with van der Waals surface area (Å²) in [5, 5.41) is 28.6. The van der Waals surface area contributed by atoms with Gasteiger partial charge in [-0.05, 0) is 19.1 Å². The van der Waals surface area contributed by atoms with Gasteiger partial charge >= 0.3 is 0 Å². The van der Waals surface area contributed by atoms with E-state index in [1.807, 2.05) is 13.0 Å². The predicted octanol–water partition coefficient (Wildman–Crippen LogP) is 1.29. The van der Waals surface area contributed by atoms with Crippen molar-refractivity contribution >= 4 is 11.4 Å². The third-order valence-corrected chi connectivity index (χ3v) is 2.39. The smallest absolute Gasteiger partial charge is 0.292 e. The molecule has 1 aromatic rings. The topological polar surface area (TPSA) is 90.4 Å². The Morgan fingerprint density at radius 3 is 2.76 bits per heavy atom. The minimum Gasteiger partial charge on any atom is -0.395 e. The Morgan fingerprint density at radius 1 is 1.59 bits per heavy atom. The molecule has 0 heterocycles. The van der Waals surface area contributed by atoms with Crippen LogP contribution in [0.15, 0.2) is 18.2 Å². The number of nitro groups is 1. The molecule has 0 radical (unpaired) electrons. The number of benzene rings is 1. The third kappa shape index (κ3) is 2.92. The van der Waals surface area contributed by atoms with Crippen molar-refractivity contribution in [1.29, 1.82) is 5.26 Å². The maximum absolute atomic E-state index is 10.9. The minimum absolute atomic E-state index is 0.0562. The highest BCUT2D eigenvalue weighted by Gasteiger charge is 2.18. The van der Waals surface area contributed by atoms with Gasteiger partial charge in [-0.3, -0.25) is 10.1 Å². The average Bonchev–Trinajstić information content (AvgIpc) is 2.35. The lowest BCUT2D eigenvalue weighted by atomic mass is 10.1. The van der Waals surface area contributed by atoms with Gasteiger partial charge in [0.2, 0.25) is 0 Å². The monoisotopic (exact) mass is 235 g/mol. The third-order valence-electron chi connectivity index (χ3n) is 2.39. The summed E-state index contributed by atoms with van der Waals surface area (Å²) < 4.78 is 0. The largest absolute Gasteiger partial charge is 0.395 e. The van der Waals surface area contributed by atoms with Crippen LogP contribution < -0.4 is 4.90 Å². The number of aliphatic hydroxyl groups excluding tert-OH is 1. The highest BCUT2D eigenvalue weighted by atomic mass is 16.6. The molecule has 0 aromatic heterocycles. The molecule has 6 nitrogen and oxygen atoms in total. The van der Waals surface area contributed by atoms with Crippen LogP contribution in [0.4, 0.5) is 11.4 Å². The fourth-order valence-electron chi connectivity index (χ4n) is 1.57. The lowest BCUT2D eigenvalue weighted by molar-refractivity contribution is -0.384. The first-order valence-electron chi connectivity index (χ1n) is 5.18. The van der Waals surface area contributed by atoms with E-state index in [0.29, 0.717) is 24.3 Å². The number of aliphatic hydroxyl groups is 1. The Hall–Kier alpha value is -2.13. The van der Waals surface area contributed by atoms with Gasteiger partial charge in [0, 0.05) is 19.2 Å². The van der Waals surface area contributed by atoms with Gasteiger partial charge in [-0.25, -0.2) is 0 Å². The SMILES string of the molecule is CCN(CCO)c1cc(C#N)ccc1[N+](=O)[O-]. The minimum atomic E-state index is -0.490. The van der Waals surface area contributed by atoms with Gasteiger partial charge in [-0.1, -0.05) is 0 Å². The summed E-state index contributed by atoms with van der Waals surface area (Å²) in [6.45, 7) is 2.56. The zero-order valence-corrected chi connectivity index (χ0v) is 9.46. The van der Waals surface area contributed by atoms with E-state index in [1.165, 1.54) is 18.2 Å². The molecule has 0 fully saturated rings. The molecule has 0 saturated carbocycles. The molecule has 1 rings (SSSR count). The lowest BCUT2D eigenvalue weighted by Gasteiger charge is -2.21. The zero-order valence-electron chi connectivity index (χ0n) is 9.46. The molecule has 0 bridgehead atoms. The Morgan fingerprint density at radius 2 is 2.29 bits per heavy atom. The van der Waals surface area contributed by atoms with E-state index in [4.69, 9.17) is 10.4 Å². The summed E-state index contributed by atoms with van der Waals surface area (Å²) in [7, 11) is 0. The second kappa shape index (κ2) is 5.82. The fourth-order valence-corrected chi connectivity index (χ4v) is 1.57. The summed E-state index contributed by atoms with van der Waals surface area (Å²) in [6.07, 6.45) is 0. The van der Waals surface area contributed by atoms with Crippen molar-refractivity contribution in [3.05, 3.63) is 33.9 Å². The van der Waals surface area contributed by atoms with E-state index in [9.17, 15) is 10.1 Å². The van der Waals surface area contributed by atoms with E-state index in [0.717, 1.165) is 0 Å². The summed E-state index contributed by atoms with van der Waals surface area (Å²) in [5.41, 5.74) is 0.673. The second-order valence-electron chi connectivity index (χ2n) is 3.38. The maximum atomic E-state index is 10.9. The Kier molecular flexibility index (Phi) is 4.43. The van der Waals surface area contributed by atoms with Crippen molar-refractivity contribution in [2.75, 3.05) is 24.6 Å². The van der Waals surface area contributed by atoms with Crippen LogP contribution in [0.25, 0.3) is 0 Å². The molecule has 90 valence electrons. The van der Waals surface area contributed by atoms with Crippen molar-refractivity contribution in [3.8, 4) is 6.07 Å². The Labute approximate surface area is 98.9 Å². The van der Waals surface area contributed by atoms with Crippen LogP contribution in [0.1, 0.15) is 12.5 Å². The van der Waals surface area contributed by atoms with Crippen LogP contribution >= 0.6 is 0 Å². The summed E-state index contributed by atoms with van der Waals surface area (Å²) >= 11 is 0. The average molecular weight is 235 g/mol. The summed E-state index contributed by atoms with van der Waals surface area (Å²) in [6, 6.07) is 6.14. The first-order valence-corrected chi connectivity index (χ1v) is 5.18. The van der Waals surface area contributed by atoms with E-state index < -0.39 is 4.92 Å². The van der Waals surface area contributed by atoms with Crippen molar-refractivity contribution in [2.24, 2.45) is 0 Å². The van der Waals surface area contributed by atoms with Crippen LogP contribution in [0.2, 0.25) is 0 Å². The quantitative estimate of drug-likeness (QED) is 0.613.